The maximum atomic E-state index is 12.0. The van der Waals surface area contributed by atoms with Crippen LogP contribution in [0.2, 0.25) is 0 Å². The summed E-state index contributed by atoms with van der Waals surface area (Å²) in [7, 11) is 1.60. The number of carbonyl (C=O) groups excluding carboxylic acids is 1. The molecule has 0 fully saturated rings. The molecule has 0 aliphatic rings. The summed E-state index contributed by atoms with van der Waals surface area (Å²) in [6.07, 6.45) is 0.703. The van der Waals surface area contributed by atoms with E-state index in [1.165, 1.54) is 0 Å². The molecule has 1 rings (SSSR count). The summed E-state index contributed by atoms with van der Waals surface area (Å²) >= 11 is 0. The molecular weight excluding hydrogens is 260 g/mol. The third kappa shape index (κ3) is 3.36. The highest BCUT2D eigenvalue weighted by molar-refractivity contribution is 5.77. The molecule has 0 aromatic carbocycles. The van der Waals surface area contributed by atoms with Gasteiger partial charge in [-0.1, -0.05) is 25.9 Å². The van der Waals surface area contributed by atoms with Crippen molar-refractivity contribution < 1.29 is 18.8 Å². The fourth-order valence-corrected chi connectivity index (χ4v) is 1.86. The van der Waals surface area contributed by atoms with Crippen LogP contribution >= 0.6 is 0 Å². The molecule has 0 saturated heterocycles. The first-order chi connectivity index (χ1) is 9.39. The van der Waals surface area contributed by atoms with Gasteiger partial charge in [0.05, 0.1) is 6.61 Å². The van der Waals surface area contributed by atoms with Crippen molar-refractivity contribution in [2.24, 2.45) is 5.92 Å². The second-order valence-corrected chi connectivity index (χ2v) is 5.22. The van der Waals surface area contributed by atoms with Crippen molar-refractivity contribution in [2.75, 3.05) is 13.7 Å². The highest BCUT2D eigenvalue weighted by Gasteiger charge is 2.35. The fourth-order valence-electron chi connectivity index (χ4n) is 1.86. The quantitative estimate of drug-likeness (QED) is 0.716. The van der Waals surface area contributed by atoms with E-state index in [1.54, 1.807) is 14.0 Å². The van der Waals surface area contributed by atoms with Gasteiger partial charge in [-0.15, -0.1) is 0 Å². The molecule has 0 amide bonds. The van der Waals surface area contributed by atoms with Crippen molar-refractivity contribution in [3.63, 3.8) is 0 Å². The molecule has 6 heteroatoms. The molecule has 0 spiro atoms. The Morgan fingerprint density at radius 3 is 2.50 bits per heavy atom. The topological polar surface area (TPSA) is 74.5 Å². The van der Waals surface area contributed by atoms with Crippen molar-refractivity contribution >= 4 is 5.97 Å². The maximum Gasteiger partial charge on any atom is 0.318 e. The van der Waals surface area contributed by atoms with Crippen molar-refractivity contribution in [2.45, 2.75) is 52.6 Å². The van der Waals surface area contributed by atoms with E-state index in [2.05, 4.69) is 10.1 Å². The lowest BCUT2D eigenvalue weighted by molar-refractivity contribution is -0.146. The lowest BCUT2D eigenvalue weighted by Gasteiger charge is -2.22. The molecule has 1 heterocycles. The Bertz CT molecular complexity index is 438. The molecule has 20 heavy (non-hydrogen) atoms. The number of hydrogen-bond acceptors (Lipinski definition) is 6. The van der Waals surface area contributed by atoms with Gasteiger partial charge in [-0.05, 0) is 26.2 Å². The Labute approximate surface area is 119 Å². The summed E-state index contributed by atoms with van der Waals surface area (Å²) in [5.41, 5.74) is -0.613. The highest BCUT2D eigenvalue weighted by Crippen LogP contribution is 2.29. The summed E-state index contributed by atoms with van der Waals surface area (Å²) in [6.45, 7) is 9.80. The predicted molar refractivity (Wildman–Crippen MR) is 73.2 cm³/mol. The van der Waals surface area contributed by atoms with Crippen molar-refractivity contribution in [1.82, 2.24) is 10.1 Å². The van der Waals surface area contributed by atoms with Gasteiger partial charge in [-0.2, -0.15) is 4.98 Å². The van der Waals surface area contributed by atoms with E-state index in [1.807, 2.05) is 27.7 Å². The first-order valence-electron chi connectivity index (χ1n) is 6.95. The van der Waals surface area contributed by atoms with E-state index in [0.29, 0.717) is 18.9 Å². The SMILES string of the molecule is CCOC(=O)C(c1nc(C(C)(CC)OC)no1)C(C)C. The first kappa shape index (κ1) is 16.6. The molecule has 0 saturated carbocycles. The van der Waals surface area contributed by atoms with Gasteiger partial charge in [0, 0.05) is 7.11 Å². The van der Waals surface area contributed by atoms with Gasteiger partial charge >= 0.3 is 5.97 Å². The third-order valence-electron chi connectivity index (χ3n) is 3.51. The van der Waals surface area contributed by atoms with Crippen molar-refractivity contribution in [1.29, 1.82) is 0 Å². The van der Waals surface area contributed by atoms with Crippen LogP contribution in [0.3, 0.4) is 0 Å². The van der Waals surface area contributed by atoms with E-state index < -0.39 is 11.5 Å². The zero-order valence-corrected chi connectivity index (χ0v) is 13.1. The van der Waals surface area contributed by atoms with Gasteiger partial charge in [-0.25, -0.2) is 0 Å². The minimum Gasteiger partial charge on any atom is -0.465 e. The Hall–Kier alpha value is -1.43. The van der Waals surface area contributed by atoms with Crippen LogP contribution in [-0.2, 0) is 19.9 Å². The molecule has 114 valence electrons. The van der Waals surface area contributed by atoms with Crippen LogP contribution in [0.1, 0.15) is 58.7 Å². The summed E-state index contributed by atoms with van der Waals surface area (Å²) in [5.74, 6) is -0.141. The normalized spacial score (nSPS) is 15.9. The number of esters is 1. The molecular formula is C14H24N2O4. The molecule has 1 aromatic heterocycles. The van der Waals surface area contributed by atoms with Gasteiger partial charge in [0.25, 0.3) is 0 Å². The van der Waals surface area contributed by atoms with Crippen molar-refractivity contribution in [3.05, 3.63) is 11.7 Å². The van der Waals surface area contributed by atoms with E-state index >= 15 is 0 Å². The van der Waals surface area contributed by atoms with Crippen LogP contribution in [0.4, 0.5) is 0 Å². The Balaban J connectivity index is 3.06. The lowest BCUT2D eigenvalue weighted by Crippen LogP contribution is -2.25. The smallest absolute Gasteiger partial charge is 0.318 e. The van der Waals surface area contributed by atoms with Gasteiger partial charge in [-0.3, -0.25) is 4.79 Å². The maximum absolute atomic E-state index is 12.0. The largest absolute Gasteiger partial charge is 0.465 e. The van der Waals surface area contributed by atoms with Crippen LogP contribution in [0.5, 0.6) is 0 Å². The lowest BCUT2D eigenvalue weighted by atomic mass is 9.95. The number of ether oxygens (including phenoxy) is 2. The van der Waals surface area contributed by atoms with E-state index in [4.69, 9.17) is 14.0 Å². The number of methoxy groups -OCH3 is 1. The molecule has 2 atom stereocenters. The van der Waals surface area contributed by atoms with Crippen molar-refractivity contribution in [3.8, 4) is 0 Å². The average Bonchev–Trinajstić information content (AvgIpc) is 2.87. The number of aromatic nitrogens is 2. The Morgan fingerprint density at radius 2 is 2.05 bits per heavy atom. The summed E-state index contributed by atoms with van der Waals surface area (Å²) in [4.78, 5) is 16.3. The summed E-state index contributed by atoms with van der Waals surface area (Å²) < 4.78 is 15.8. The molecule has 6 nitrogen and oxygen atoms in total. The molecule has 0 aliphatic heterocycles. The standard InChI is InChI=1S/C14H24N2O4/c1-7-14(5,18-6)13-15-11(20-16-13)10(9(3)4)12(17)19-8-2/h9-10H,7-8H2,1-6H3. The van der Waals surface area contributed by atoms with Crippen LogP contribution in [0, 0.1) is 5.92 Å². The number of nitrogens with zero attached hydrogens (tertiary/aromatic N) is 2. The summed E-state index contributed by atoms with van der Waals surface area (Å²) in [5, 5.41) is 3.96. The Kier molecular flexibility index (Phi) is 5.68. The number of carbonyl (C=O) groups is 1. The minimum atomic E-state index is -0.613. The van der Waals surface area contributed by atoms with Gasteiger partial charge < -0.3 is 14.0 Å². The molecule has 2 unspecified atom stereocenters. The van der Waals surface area contributed by atoms with E-state index in [0.717, 1.165) is 0 Å². The molecule has 0 aliphatic carbocycles. The second kappa shape index (κ2) is 6.83. The fraction of sp³-hybridized carbons (Fsp3) is 0.786. The minimum absolute atomic E-state index is 0.0118. The number of rotatable bonds is 7. The van der Waals surface area contributed by atoms with Gasteiger partial charge in [0.1, 0.15) is 11.5 Å². The van der Waals surface area contributed by atoms with Crippen LogP contribution in [-0.4, -0.2) is 29.8 Å². The van der Waals surface area contributed by atoms with Crippen LogP contribution in [0.15, 0.2) is 4.52 Å². The van der Waals surface area contributed by atoms with Gasteiger partial charge in [0.2, 0.25) is 11.7 Å². The molecule has 0 radical (unpaired) electrons. The van der Waals surface area contributed by atoms with E-state index in [-0.39, 0.29) is 17.8 Å². The monoisotopic (exact) mass is 284 g/mol. The number of hydrogen-bond donors (Lipinski definition) is 0. The van der Waals surface area contributed by atoms with Gasteiger partial charge in [0.15, 0.2) is 0 Å². The van der Waals surface area contributed by atoms with Crippen LogP contribution in [0.25, 0.3) is 0 Å². The predicted octanol–water partition coefficient (Wildman–Crippen LogP) is 2.64. The Morgan fingerprint density at radius 1 is 1.40 bits per heavy atom. The zero-order chi connectivity index (χ0) is 15.3. The summed E-state index contributed by atoms with van der Waals surface area (Å²) in [6, 6.07) is 0. The molecule has 0 N–H and O–H groups in total. The average molecular weight is 284 g/mol. The molecule has 0 bridgehead atoms. The second-order valence-electron chi connectivity index (χ2n) is 5.22. The zero-order valence-electron chi connectivity index (χ0n) is 13.1. The first-order valence-corrected chi connectivity index (χ1v) is 6.95. The van der Waals surface area contributed by atoms with Crippen LogP contribution < -0.4 is 0 Å². The molecule has 1 aromatic rings. The third-order valence-corrected chi connectivity index (χ3v) is 3.51. The van der Waals surface area contributed by atoms with E-state index in [9.17, 15) is 4.79 Å². The highest BCUT2D eigenvalue weighted by atomic mass is 16.5.